The van der Waals surface area contributed by atoms with E-state index < -0.39 is 4.92 Å². The van der Waals surface area contributed by atoms with Crippen molar-refractivity contribution in [3.05, 3.63) is 52.2 Å². The van der Waals surface area contributed by atoms with Gasteiger partial charge in [0, 0.05) is 20.3 Å². The molecule has 0 spiro atoms. The van der Waals surface area contributed by atoms with Crippen molar-refractivity contribution in [1.29, 1.82) is 0 Å². The number of aromatic nitrogens is 1. The number of nitro groups is 1. The monoisotopic (exact) mass is 222 g/mol. The van der Waals surface area contributed by atoms with Crippen molar-refractivity contribution in [2.45, 2.75) is 6.54 Å². The summed E-state index contributed by atoms with van der Waals surface area (Å²) in [7, 11) is 3.41. The Balaban J connectivity index is 2.70. The Morgan fingerprint density at radius 3 is 2.94 bits per heavy atom. The molecular weight excluding hydrogens is 208 g/mol. The number of nitrogens with zero attached hydrogens (tertiary/aromatic N) is 3. The van der Waals surface area contributed by atoms with E-state index in [-0.39, 0.29) is 0 Å². The Hall–Kier alpha value is -2.11. The molecule has 0 saturated carbocycles. The van der Waals surface area contributed by atoms with E-state index in [1.165, 1.54) is 0 Å². The average molecular weight is 222 g/mol. The fourth-order valence-corrected chi connectivity index (χ4v) is 1.27. The lowest BCUT2D eigenvalue weighted by Crippen LogP contribution is -2.27. The van der Waals surface area contributed by atoms with Gasteiger partial charge in [0.2, 0.25) is 0 Å². The maximum atomic E-state index is 10.4. The smallest absolute Gasteiger partial charge is 0.274 e. The highest BCUT2D eigenvalue weighted by molar-refractivity contribution is 5.05. The molecule has 0 aliphatic heterocycles. The summed E-state index contributed by atoms with van der Waals surface area (Å²) >= 11 is 0. The van der Waals surface area contributed by atoms with Gasteiger partial charge in [0.1, 0.15) is 0 Å². The molecule has 86 valence electrons. The maximum absolute atomic E-state index is 10.4. The molecule has 0 bridgehead atoms. The first-order valence-corrected chi connectivity index (χ1v) is 4.77. The molecule has 16 heavy (non-hydrogen) atoms. The topological polar surface area (TPSA) is 71.3 Å². The third-order valence-electron chi connectivity index (χ3n) is 2.02. The fraction of sp³-hybridized carbons (Fsp3) is 0.300. The Labute approximate surface area is 93.7 Å². The predicted octanol–water partition coefficient (Wildman–Crippen LogP) is 0.808. The van der Waals surface area contributed by atoms with Crippen LogP contribution in [0, 0.1) is 10.1 Å². The summed E-state index contributed by atoms with van der Waals surface area (Å²) in [6.45, 7) is 0.515. The Kier molecular flexibility index (Phi) is 4.26. The lowest BCUT2D eigenvalue weighted by atomic mass is 10.3. The predicted molar refractivity (Wildman–Crippen MR) is 59.8 cm³/mol. The van der Waals surface area contributed by atoms with Crippen LogP contribution in [0.5, 0.6) is 0 Å². The number of pyridine rings is 1. The summed E-state index contributed by atoms with van der Waals surface area (Å²) in [6.07, 6.45) is 2.63. The number of rotatable bonds is 5. The minimum atomic E-state index is -0.485. The zero-order chi connectivity index (χ0) is 12.0. The quantitative estimate of drug-likeness (QED) is 0.589. The van der Waals surface area contributed by atoms with Crippen LogP contribution in [0.4, 0.5) is 0 Å². The van der Waals surface area contributed by atoms with Crippen LogP contribution in [0.25, 0.3) is 0 Å². The first-order chi connectivity index (χ1) is 7.63. The van der Waals surface area contributed by atoms with E-state index >= 15 is 0 Å². The van der Waals surface area contributed by atoms with Crippen LogP contribution in [0.1, 0.15) is 5.69 Å². The normalized spacial score (nSPS) is 11.0. The molecular formula is C10H14N4O2. The maximum Gasteiger partial charge on any atom is 0.274 e. The molecule has 1 rings (SSSR count). The molecule has 1 heterocycles. The highest BCUT2D eigenvalue weighted by Gasteiger charge is 2.08. The van der Waals surface area contributed by atoms with Crippen LogP contribution >= 0.6 is 0 Å². The van der Waals surface area contributed by atoms with Gasteiger partial charge in [-0.3, -0.25) is 15.1 Å². The van der Waals surface area contributed by atoms with Crippen LogP contribution in [0.15, 0.2) is 36.4 Å². The van der Waals surface area contributed by atoms with Crippen molar-refractivity contribution in [2.24, 2.45) is 0 Å². The van der Waals surface area contributed by atoms with Crippen LogP contribution in [-0.4, -0.2) is 28.9 Å². The van der Waals surface area contributed by atoms with Crippen LogP contribution in [0.3, 0.4) is 0 Å². The van der Waals surface area contributed by atoms with E-state index in [1.807, 2.05) is 18.2 Å². The number of hydrogen-bond acceptors (Lipinski definition) is 5. The van der Waals surface area contributed by atoms with Gasteiger partial charge >= 0.3 is 0 Å². The second-order valence-corrected chi connectivity index (χ2v) is 3.23. The minimum absolute atomic E-state index is 0.440. The molecule has 0 radical (unpaired) electrons. The van der Waals surface area contributed by atoms with Crippen molar-refractivity contribution in [3.8, 4) is 0 Å². The molecule has 0 unspecified atom stereocenters. The summed E-state index contributed by atoms with van der Waals surface area (Å²) in [5.74, 6) is 0.440. The highest BCUT2D eigenvalue weighted by atomic mass is 16.6. The fourth-order valence-electron chi connectivity index (χ4n) is 1.27. The average Bonchev–Trinajstić information content (AvgIpc) is 2.26. The molecule has 6 heteroatoms. The second-order valence-electron chi connectivity index (χ2n) is 3.23. The largest absolute Gasteiger partial charge is 0.370 e. The van der Waals surface area contributed by atoms with Gasteiger partial charge in [0.25, 0.3) is 6.20 Å². The molecule has 0 aromatic carbocycles. The summed E-state index contributed by atoms with van der Waals surface area (Å²) in [5, 5.41) is 13.1. The lowest BCUT2D eigenvalue weighted by Gasteiger charge is -2.19. The van der Waals surface area contributed by atoms with E-state index in [9.17, 15) is 10.1 Å². The third kappa shape index (κ3) is 3.56. The van der Waals surface area contributed by atoms with Crippen LogP contribution < -0.4 is 5.32 Å². The van der Waals surface area contributed by atoms with Gasteiger partial charge in [-0.1, -0.05) is 6.07 Å². The molecule has 1 N–H and O–H groups in total. The zero-order valence-electron chi connectivity index (χ0n) is 9.25. The van der Waals surface area contributed by atoms with Gasteiger partial charge in [0.15, 0.2) is 5.82 Å². The SMILES string of the molecule is CNC(=C[N+](=O)[O-])N(C)Cc1ccccn1. The van der Waals surface area contributed by atoms with Crippen LogP contribution in [0.2, 0.25) is 0 Å². The molecule has 0 aliphatic carbocycles. The summed E-state index contributed by atoms with van der Waals surface area (Å²) in [5.41, 5.74) is 0.856. The van der Waals surface area contributed by atoms with E-state index in [4.69, 9.17) is 0 Å². The molecule has 1 aromatic rings. The van der Waals surface area contributed by atoms with Crippen LogP contribution in [-0.2, 0) is 6.54 Å². The molecule has 6 nitrogen and oxygen atoms in total. The molecule has 0 fully saturated rings. The highest BCUT2D eigenvalue weighted by Crippen LogP contribution is 2.03. The molecule has 1 aromatic heterocycles. The van der Waals surface area contributed by atoms with Crippen molar-refractivity contribution < 1.29 is 4.92 Å². The van der Waals surface area contributed by atoms with Gasteiger partial charge in [-0.05, 0) is 12.1 Å². The van der Waals surface area contributed by atoms with Crippen molar-refractivity contribution >= 4 is 0 Å². The summed E-state index contributed by atoms with van der Waals surface area (Å²) in [6, 6.07) is 5.58. The Bertz CT molecular complexity index is 378. The molecule has 0 saturated heterocycles. The molecule has 0 amide bonds. The third-order valence-corrected chi connectivity index (χ3v) is 2.02. The second kappa shape index (κ2) is 5.69. The van der Waals surface area contributed by atoms with Crippen molar-refractivity contribution in [1.82, 2.24) is 15.2 Å². The standard InChI is InChI=1S/C10H14N4O2/c1-11-10(8-14(15)16)13(2)7-9-5-3-4-6-12-9/h3-6,8,11H,7H2,1-2H3. The summed E-state index contributed by atoms with van der Waals surface area (Å²) in [4.78, 5) is 15.8. The van der Waals surface area contributed by atoms with Crippen molar-refractivity contribution in [3.63, 3.8) is 0 Å². The Morgan fingerprint density at radius 2 is 2.44 bits per heavy atom. The number of hydrogen-bond donors (Lipinski definition) is 1. The minimum Gasteiger partial charge on any atom is -0.370 e. The van der Waals surface area contributed by atoms with E-state index in [0.717, 1.165) is 11.9 Å². The molecule has 0 aliphatic rings. The zero-order valence-corrected chi connectivity index (χ0v) is 9.25. The van der Waals surface area contributed by atoms with E-state index in [0.29, 0.717) is 12.4 Å². The van der Waals surface area contributed by atoms with Gasteiger partial charge in [-0.2, -0.15) is 0 Å². The first kappa shape index (κ1) is 12.0. The van der Waals surface area contributed by atoms with Gasteiger partial charge < -0.3 is 10.2 Å². The van der Waals surface area contributed by atoms with E-state index in [1.54, 1.807) is 25.2 Å². The number of nitrogens with one attached hydrogen (secondary N) is 1. The van der Waals surface area contributed by atoms with Gasteiger partial charge in [0.05, 0.1) is 17.2 Å². The van der Waals surface area contributed by atoms with Gasteiger partial charge in [-0.15, -0.1) is 0 Å². The van der Waals surface area contributed by atoms with E-state index in [2.05, 4.69) is 10.3 Å². The lowest BCUT2D eigenvalue weighted by molar-refractivity contribution is -0.404. The first-order valence-electron chi connectivity index (χ1n) is 4.77. The van der Waals surface area contributed by atoms with Crippen molar-refractivity contribution in [2.75, 3.05) is 14.1 Å². The van der Waals surface area contributed by atoms with Gasteiger partial charge in [-0.25, -0.2) is 0 Å². The summed E-state index contributed by atoms with van der Waals surface area (Å²) < 4.78 is 0. The Morgan fingerprint density at radius 1 is 1.69 bits per heavy atom. The molecule has 0 atom stereocenters.